The van der Waals surface area contributed by atoms with Crippen LogP contribution in [-0.2, 0) is 0 Å². The fourth-order valence-electron chi connectivity index (χ4n) is 4.89. The lowest BCUT2D eigenvalue weighted by Gasteiger charge is -2.20. The Bertz CT molecular complexity index is 1760. The molecule has 9 heteroatoms. The van der Waals surface area contributed by atoms with Crippen molar-refractivity contribution in [3.63, 3.8) is 0 Å². The van der Waals surface area contributed by atoms with Crippen LogP contribution in [-0.4, -0.2) is 37.2 Å². The molecule has 1 aliphatic heterocycles. The van der Waals surface area contributed by atoms with Crippen LogP contribution in [0.2, 0.25) is 0 Å². The number of para-hydroxylation sites is 1. The van der Waals surface area contributed by atoms with Gasteiger partial charge in [0.1, 0.15) is 16.6 Å². The van der Waals surface area contributed by atoms with Gasteiger partial charge in [-0.1, -0.05) is 18.2 Å². The van der Waals surface area contributed by atoms with Gasteiger partial charge in [0, 0.05) is 41.1 Å². The summed E-state index contributed by atoms with van der Waals surface area (Å²) in [7, 11) is 0. The van der Waals surface area contributed by atoms with E-state index in [-0.39, 0.29) is 6.17 Å². The molecule has 1 aliphatic rings. The molecule has 1 N–H and O–H groups in total. The second-order valence-corrected chi connectivity index (χ2v) is 8.20. The zero-order valence-corrected chi connectivity index (χ0v) is 18.4. The van der Waals surface area contributed by atoms with Crippen LogP contribution >= 0.6 is 0 Å². The van der Waals surface area contributed by atoms with Crippen molar-refractivity contribution in [2.24, 2.45) is 9.98 Å². The van der Waals surface area contributed by atoms with Gasteiger partial charge in [-0.3, -0.25) is 4.57 Å². The highest BCUT2D eigenvalue weighted by Gasteiger charge is 2.28. The fourth-order valence-corrected chi connectivity index (χ4v) is 4.89. The van der Waals surface area contributed by atoms with Gasteiger partial charge in [-0.2, -0.15) is 0 Å². The highest BCUT2D eigenvalue weighted by Crippen LogP contribution is 2.44. The van der Waals surface area contributed by atoms with E-state index in [1.807, 2.05) is 22.8 Å². The molecule has 0 aliphatic carbocycles. The van der Waals surface area contributed by atoms with Crippen molar-refractivity contribution in [2.75, 3.05) is 0 Å². The summed E-state index contributed by atoms with van der Waals surface area (Å²) >= 11 is 0. The van der Waals surface area contributed by atoms with Crippen molar-refractivity contribution >= 4 is 56.9 Å². The third-order valence-corrected chi connectivity index (χ3v) is 6.47. The summed E-state index contributed by atoms with van der Waals surface area (Å²) in [6.07, 6.45) is 9.69. The Morgan fingerprint density at radius 1 is 0.824 bits per heavy atom. The minimum absolute atomic E-state index is 0.366. The number of hydrogen-bond donors (Lipinski definition) is 1. The monoisotopic (exact) mass is 446 g/mol. The van der Waals surface area contributed by atoms with E-state index in [1.54, 1.807) is 37.5 Å². The van der Waals surface area contributed by atoms with Gasteiger partial charge in [-0.25, -0.2) is 29.9 Å². The lowest BCUT2D eigenvalue weighted by atomic mass is 9.93. The molecule has 4 aromatic heterocycles. The van der Waals surface area contributed by atoms with Gasteiger partial charge in [0.2, 0.25) is 0 Å². The SMILES string of the molecule is Cc1c(C)c(C2N=CNC=N2)c2c(oc3ccccc32)c1-n1c2nccnc2c2nccnc21. The molecule has 0 unspecified atom stereocenters. The number of hydrogen-bond acceptors (Lipinski definition) is 8. The maximum atomic E-state index is 6.54. The van der Waals surface area contributed by atoms with Crippen LogP contribution in [0.4, 0.5) is 0 Å². The molecule has 0 atom stereocenters. The smallest absolute Gasteiger partial charge is 0.169 e. The third-order valence-electron chi connectivity index (χ3n) is 6.47. The average Bonchev–Trinajstić information content (AvgIpc) is 3.42. The molecule has 0 bridgehead atoms. The van der Waals surface area contributed by atoms with E-state index >= 15 is 0 Å². The van der Waals surface area contributed by atoms with E-state index in [4.69, 9.17) is 4.42 Å². The van der Waals surface area contributed by atoms with Crippen LogP contribution in [0.5, 0.6) is 0 Å². The van der Waals surface area contributed by atoms with E-state index < -0.39 is 0 Å². The molecular formula is C25H18N8O. The predicted molar refractivity (Wildman–Crippen MR) is 132 cm³/mol. The standard InChI is InChI=1S/C25H18N8O/c1-13-14(2)21(33-24-19(27-7-9-29-24)20-25(33)30-10-8-28-20)22-18(15-5-3-4-6-16(15)34-22)17(13)23-31-11-26-12-32-23/h3-12,23H,1-2H3,(H,26,31,32). The Morgan fingerprint density at radius 3 is 2.18 bits per heavy atom. The number of aliphatic imine (C=N–C) groups is 2. The van der Waals surface area contributed by atoms with Crippen molar-refractivity contribution < 1.29 is 4.42 Å². The molecule has 0 spiro atoms. The number of fused-ring (bicyclic) bond motifs is 6. The Balaban J connectivity index is 1.71. The molecule has 5 heterocycles. The molecular weight excluding hydrogens is 428 g/mol. The largest absolute Gasteiger partial charge is 0.454 e. The maximum Gasteiger partial charge on any atom is 0.169 e. The van der Waals surface area contributed by atoms with Gasteiger partial charge in [0.15, 0.2) is 23.0 Å². The lowest BCUT2D eigenvalue weighted by Crippen LogP contribution is -2.15. The summed E-state index contributed by atoms with van der Waals surface area (Å²) in [5.74, 6) is 0. The van der Waals surface area contributed by atoms with Gasteiger partial charge in [0.05, 0.1) is 18.4 Å². The average molecular weight is 446 g/mol. The maximum absolute atomic E-state index is 6.54. The number of furan rings is 1. The van der Waals surface area contributed by atoms with E-state index in [0.29, 0.717) is 22.3 Å². The molecule has 0 saturated carbocycles. The molecule has 9 nitrogen and oxygen atoms in total. The fraction of sp³-hybridized carbons (Fsp3) is 0.120. The summed E-state index contributed by atoms with van der Waals surface area (Å²) in [6.45, 7) is 4.19. The van der Waals surface area contributed by atoms with Crippen LogP contribution in [0.1, 0.15) is 22.9 Å². The van der Waals surface area contributed by atoms with Gasteiger partial charge in [0.25, 0.3) is 0 Å². The first-order valence-corrected chi connectivity index (χ1v) is 10.9. The second kappa shape index (κ2) is 6.92. The van der Waals surface area contributed by atoms with Gasteiger partial charge in [-0.15, -0.1) is 0 Å². The summed E-state index contributed by atoms with van der Waals surface area (Å²) in [6, 6.07) is 8.04. The van der Waals surface area contributed by atoms with Crippen LogP contribution in [0.15, 0.2) is 63.5 Å². The first-order valence-electron chi connectivity index (χ1n) is 10.9. The summed E-state index contributed by atoms with van der Waals surface area (Å²) in [4.78, 5) is 27.7. The summed E-state index contributed by atoms with van der Waals surface area (Å²) in [5, 5.41) is 4.93. The van der Waals surface area contributed by atoms with Crippen molar-refractivity contribution in [3.05, 3.63) is 65.7 Å². The molecule has 0 amide bonds. The molecule has 164 valence electrons. The van der Waals surface area contributed by atoms with E-state index in [1.165, 1.54) is 0 Å². The molecule has 34 heavy (non-hydrogen) atoms. The van der Waals surface area contributed by atoms with Crippen LogP contribution in [0.3, 0.4) is 0 Å². The predicted octanol–water partition coefficient (Wildman–Crippen LogP) is 4.54. The lowest BCUT2D eigenvalue weighted by molar-refractivity contribution is 0.663. The molecule has 0 fully saturated rings. The van der Waals surface area contributed by atoms with Crippen LogP contribution < -0.4 is 5.32 Å². The van der Waals surface area contributed by atoms with Crippen molar-refractivity contribution in [2.45, 2.75) is 20.0 Å². The zero-order chi connectivity index (χ0) is 22.8. The highest BCUT2D eigenvalue weighted by molar-refractivity contribution is 6.12. The van der Waals surface area contributed by atoms with E-state index in [0.717, 1.165) is 44.3 Å². The number of nitrogens with zero attached hydrogens (tertiary/aromatic N) is 7. The number of benzene rings is 2. The topological polar surface area (TPSA) is 106 Å². The number of rotatable bonds is 2. The normalized spacial score (nSPS) is 14.1. The summed E-state index contributed by atoms with van der Waals surface area (Å²) < 4.78 is 8.55. The van der Waals surface area contributed by atoms with Gasteiger partial charge in [-0.05, 0) is 31.0 Å². The van der Waals surface area contributed by atoms with Crippen LogP contribution in [0.25, 0.3) is 50.0 Å². The highest BCUT2D eigenvalue weighted by atomic mass is 16.3. The summed E-state index contributed by atoms with van der Waals surface area (Å²) in [5.41, 5.74) is 8.29. The Hall–Kier alpha value is -4.66. The number of aromatic nitrogens is 5. The second-order valence-electron chi connectivity index (χ2n) is 8.20. The first-order chi connectivity index (χ1) is 16.7. The van der Waals surface area contributed by atoms with Crippen molar-refractivity contribution in [1.29, 1.82) is 0 Å². The molecule has 6 aromatic rings. The Morgan fingerprint density at radius 2 is 1.47 bits per heavy atom. The molecule has 0 radical (unpaired) electrons. The number of nitrogens with one attached hydrogen (secondary N) is 1. The minimum Gasteiger partial charge on any atom is -0.454 e. The van der Waals surface area contributed by atoms with Crippen LogP contribution in [0, 0.1) is 13.8 Å². The zero-order valence-electron chi connectivity index (χ0n) is 18.4. The first kappa shape index (κ1) is 18.9. The van der Waals surface area contributed by atoms with Crippen molar-refractivity contribution in [1.82, 2.24) is 29.8 Å². The Kier molecular flexibility index (Phi) is 3.84. The quantitative estimate of drug-likeness (QED) is 0.419. The Labute approximate surface area is 192 Å². The molecule has 2 aromatic carbocycles. The third kappa shape index (κ3) is 2.43. The van der Waals surface area contributed by atoms with Gasteiger partial charge >= 0.3 is 0 Å². The van der Waals surface area contributed by atoms with E-state index in [2.05, 4.69) is 55.2 Å². The van der Waals surface area contributed by atoms with Gasteiger partial charge < -0.3 is 9.73 Å². The molecule has 7 rings (SSSR count). The minimum atomic E-state index is -0.366. The van der Waals surface area contributed by atoms with Crippen molar-refractivity contribution in [3.8, 4) is 5.69 Å². The van der Waals surface area contributed by atoms with E-state index in [9.17, 15) is 0 Å². The molecule has 0 saturated heterocycles.